The molecule has 1 atom stereocenters. The summed E-state index contributed by atoms with van der Waals surface area (Å²) in [5.74, 6) is -0.627. The van der Waals surface area contributed by atoms with Crippen molar-refractivity contribution in [3.05, 3.63) is 83.8 Å². The van der Waals surface area contributed by atoms with E-state index in [1.165, 1.54) is 12.0 Å². The van der Waals surface area contributed by atoms with Crippen molar-refractivity contribution in [3.8, 4) is 11.5 Å². The Labute approximate surface area is 191 Å². The van der Waals surface area contributed by atoms with Gasteiger partial charge in [-0.2, -0.15) is 0 Å². The summed E-state index contributed by atoms with van der Waals surface area (Å²) in [7, 11) is 1.52. The predicted octanol–water partition coefficient (Wildman–Crippen LogP) is 4.99. The zero-order valence-corrected chi connectivity index (χ0v) is 18.5. The molecule has 0 saturated heterocycles. The predicted molar refractivity (Wildman–Crippen MR) is 124 cm³/mol. The molecular formula is C26H25NO6. The second kappa shape index (κ2) is 9.24. The number of aliphatic hydroxyl groups excluding tert-OH is 1. The monoisotopic (exact) mass is 447 g/mol. The van der Waals surface area contributed by atoms with E-state index in [1.807, 2.05) is 6.92 Å². The maximum absolute atomic E-state index is 13.6. The third kappa shape index (κ3) is 3.98. The van der Waals surface area contributed by atoms with Gasteiger partial charge in [0.1, 0.15) is 12.4 Å². The largest absolute Gasteiger partial charge is 0.503 e. The van der Waals surface area contributed by atoms with Crippen LogP contribution in [0.25, 0.3) is 11.0 Å². The number of amides is 1. The second-order valence-electron chi connectivity index (χ2n) is 7.65. The molecule has 3 aromatic rings. The van der Waals surface area contributed by atoms with E-state index in [0.29, 0.717) is 47.6 Å². The molecule has 0 radical (unpaired) electrons. The molecule has 2 aromatic carbocycles. The molecule has 1 unspecified atom stereocenters. The van der Waals surface area contributed by atoms with Crippen molar-refractivity contribution >= 4 is 22.7 Å². The number of para-hydroxylation sites is 1. The van der Waals surface area contributed by atoms with Crippen LogP contribution in [0.1, 0.15) is 35.5 Å². The number of benzene rings is 2. The van der Waals surface area contributed by atoms with Crippen LogP contribution >= 0.6 is 0 Å². The van der Waals surface area contributed by atoms with E-state index in [-0.39, 0.29) is 11.3 Å². The Bertz CT molecular complexity index is 1250. The van der Waals surface area contributed by atoms with Gasteiger partial charge in [-0.25, -0.2) is 0 Å². The maximum atomic E-state index is 13.6. The molecule has 0 saturated carbocycles. The molecule has 33 heavy (non-hydrogen) atoms. The number of Topliss-reactive ketones (excluding diaryl/α,β-unsaturated/α-hetero) is 1. The van der Waals surface area contributed by atoms with E-state index in [2.05, 4.69) is 6.58 Å². The number of ether oxygens (including phenoxy) is 2. The molecule has 0 spiro atoms. The summed E-state index contributed by atoms with van der Waals surface area (Å²) in [5, 5.41) is 11.4. The number of ketones is 1. The summed E-state index contributed by atoms with van der Waals surface area (Å²) in [6.07, 6.45) is 2.29. The maximum Gasteiger partial charge on any atom is 0.290 e. The topological polar surface area (TPSA) is 89.2 Å². The molecule has 0 aliphatic carbocycles. The van der Waals surface area contributed by atoms with Crippen LogP contribution in [-0.4, -0.2) is 42.0 Å². The molecule has 4 rings (SSSR count). The number of rotatable bonds is 9. The second-order valence-corrected chi connectivity index (χ2v) is 7.65. The van der Waals surface area contributed by atoms with Gasteiger partial charge in [-0.3, -0.25) is 9.59 Å². The molecule has 2 heterocycles. The lowest BCUT2D eigenvalue weighted by atomic mass is 9.94. The van der Waals surface area contributed by atoms with Gasteiger partial charge in [-0.05, 0) is 36.2 Å². The first-order chi connectivity index (χ1) is 16.0. The molecule has 1 aliphatic rings. The molecule has 7 heteroatoms. The first kappa shape index (κ1) is 22.2. The van der Waals surface area contributed by atoms with E-state index in [0.717, 1.165) is 0 Å². The average molecular weight is 447 g/mol. The fourth-order valence-electron chi connectivity index (χ4n) is 4.07. The van der Waals surface area contributed by atoms with Crippen LogP contribution < -0.4 is 9.47 Å². The van der Waals surface area contributed by atoms with Crippen LogP contribution in [0.2, 0.25) is 0 Å². The molecule has 170 valence electrons. The van der Waals surface area contributed by atoms with E-state index < -0.39 is 23.5 Å². The minimum absolute atomic E-state index is 0.0197. The summed E-state index contributed by atoms with van der Waals surface area (Å²) in [6.45, 7) is 6.27. The van der Waals surface area contributed by atoms with Gasteiger partial charge in [-0.15, -0.1) is 0 Å². The molecule has 0 fully saturated rings. The highest BCUT2D eigenvalue weighted by atomic mass is 16.5. The van der Waals surface area contributed by atoms with E-state index in [9.17, 15) is 14.7 Å². The minimum atomic E-state index is -0.771. The lowest BCUT2D eigenvalue weighted by molar-refractivity contribution is -0.129. The number of hydrogen-bond donors (Lipinski definition) is 1. The van der Waals surface area contributed by atoms with Crippen LogP contribution in [0.3, 0.4) is 0 Å². The molecule has 1 aromatic heterocycles. The Morgan fingerprint density at radius 1 is 1.24 bits per heavy atom. The number of carbonyl (C=O) groups excluding carboxylic acids is 2. The van der Waals surface area contributed by atoms with Crippen LogP contribution in [0.4, 0.5) is 0 Å². The summed E-state index contributed by atoms with van der Waals surface area (Å²) in [5.41, 5.74) is 1.06. The standard InChI is InChI=1S/C26H25NO6/c1-4-12-27-22(16-8-6-10-18(14-16)32-13-5-2)21(24(29)26(27)30)23(28)20-15-17-9-7-11-19(31-3)25(17)33-20/h5-11,14-15,22,29H,2,4,12-13H2,1,3H3. The van der Waals surface area contributed by atoms with Crippen molar-refractivity contribution in [1.29, 1.82) is 0 Å². The fraction of sp³-hybridized carbons (Fsp3) is 0.231. The van der Waals surface area contributed by atoms with Crippen molar-refractivity contribution < 1.29 is 28.6 Å². The summed E-state index contributed by atoms with van der Waals surface area (Å²) >= 11 is 0. The van der Waals surface area contributed by atoms with E-state index in [1.54, 1.807) is 54.6 Å². The van der Waals surface area contributed by atoms with Crippen molar-refractivity contribution in [2.45, 2.75) is 19.4 Å². The van der Waals surface area contributed by atoms with Gasteiger partial charge in [0.15, 0.2) is 22.9 Å². The fourth-order valence-corrected chi connectivity index (χ4v) is 4.07. The zero-order chi connectivity index (χ0) is 23.5. The third-order valence-electron chi connectivity index (χ3n) is 5.51. The molecule has 0 bridgehead atoms. The van der Waals surface area contributed by atoms with Crippen LogP contribution in [0.15, 0.2) is 76.9 Å². The van der Waals surface area contributed by atoms with Gasteiger partial charge in [0.05, 0.1) is 18.7 Å². The molecule has 1 amide bonds. The van der Waals surface area contributed by atoms with Crippen LogP contribution in [0, 0.1) is 0 Å². The Hall–Kier alpha value is -4.00. The Kier molecular flexibility index (Phi) is 6.22. The quantitative estimate of drug-likeness (QED) is 0.367. The molecular weight excluding hydrogens is 422 g/mol. The Morgan fingerprint density at radius 2 is 2.03 bits per heavy atom. The minimum Gasteiger partial charge on any atom is -0.503 e. The molecule has 1 aliphatic heterocycles. The summed E-state index contributed by atoms with van der Waals surface area (Å²) in [6, 6.07) is 13.3. The van der Waals surface area contributed by atoms with Gasteiger partial charge in [0.25, 0.3) is 5.91 Å². The van der Waals surface area contributed by atoms with Crippen LogP contribution in [0.5, 0.6) is 11.5 Å². The Morgan fingerprint density at radius 3 is 2.76 bits per heavy atom. The average Bonchev–Trinajstić information content (AvgIpc) is 3.38. The van der Waals surface area contributed by atoms with Crippen molar-refractivity contribution in [2.24, 2.45) is 0 Å². The summed E-state index contributed by atoms with van der Waals surface area (Å²) < 4.78 is 16.8. The van der Waals surface area contributed by atoms with Gasteiger partial charge >= 0.3 is 0 Å². The number of aliphatic hydroxyl groups is 1. The lowest BCUT2D eigenvalue weighted by Gasteiger charge is -2.26. The number of furan rings is 1. The SMILES string of the molecule is C=CCOc1cccc(C2C(C(=O)c3cc4cccc(OC)c4o3)=C(O)C(=O)N2CCC)c1. The van der Waals surface area contributed by atoms with Crippen LogP contribution in [-0.2, 0) is 4.79 Å². The number of hydrogen-bond acceptors (Lipinski definition) is 6. The number of carbonyl (C=O) groups is 2. The smallest absolute Gasteiger partial charge is 0.290 e. The number of methoxy groups -OCH3 is 1. The number of fused-ring (bicyclic) bond motifs is 1. The van der Waals surface area contributed by atoms with Gasteiger partial charge in [0, 0.05) is 11.9 Å². The van der Waals surface area contributed by atoms with Gasteiger partial charge in [0.2, 0.25) is 5.78 Å². The highest BCUT2D eigenvalue weighted by Crippen LogP contribution is 2.41. The number of nitrogens with zero attached hydrogens (tertiary/aromatic N) is 1. The van der Waals surface area contributed by atoms with E-state index >= 15 is 0 Å². The first-order valence-electron chi connectivity index (χ1n) is 10.7. The molecule has 1 N–H and O–H groups in total. The molecule has 7 nitrogen and oxygen atoms in total. The lowest BCUT2D eigenvalue weighted by Crippen LogP contribution is -2.31. The van der Waals surface area contributed by atoms with Gasteiger partial charge in [-0.1, -0.05) is 43.8 Å². The highest BCUT2D eigenvalue weighted by Gasteiger charge is 2.44. The third-order valence-corrected chi connectivity index (χ3v) is 5.51. The first-order valence-corrected chi connectivity index (χ1v) is 10.7. The van der Waals surface area contributed by atoms with Crippen molar-refractivity contribution in [2.75, 3.05) is 20.3 Å². The van der Waals surface area contributed by atoms with Crippen molar-refractivity contribution in [3.63, 3.8) is 0 Å². The van der Waals surface area contributed by atoms with Crippen molar-refractivity contribution in [1.82, 2.24) is 4.90 Å². The zero-order valence-electron chi connectivity index (χ0n) is 18.5. The van der Waals surface area contributed by atoms with Gasteiger partial charge < -0.3 is 23.9 Å². The van der Waals surface area contributed by atoms with E-state index in [4.69, 9.17) is 13.9 Å². The Balaban J connectivity index is 1.80. The summed E-state index contributed by atoms with van der Waals surface area (Å²) in [4.78, 5) is 28.0. The highest BCUT2D eigenvalue weighted by molar-refractivity contribution is 6.16. The normalized spacial score (nSPS) is 15.9.